The van der Waals surface area contributed by atoms with E-state index in [2.05, 4.69) is 5.32 Å². The van der Waals surface area contributed by atoms with Gasteiger partial charge >= 0.3 is 5.97 Å². The standard InChI is InChI=1S/C11H13Cl2NO2/c1-6(11(15)16)10(14-2)8-4-3-7(12)5-9(8)13/h3-6,10,14H,1-2H3,(H,15,16). The summed E-state index contributed by atoms with van der Waals surface area (Å²) in [5, 5.41) is 12.9. The summed E-state index contributed by atoms with van der Waals surface area (Å²) in [5.41, 5.74) is 0.739. The lowest BCUT2D eigenvalue weighted by Gasteiger charge is -2.21. The van der Waals surface area contributed by atoms with Gasteiger partial charge in [0.25, 0.3) is 0 Å². The van der Waals surface area contributed by atoms with Crippen molar-refractivity contribution in [3.8, 4) is 0 Å². The number of carboxylic acids is 1. The van der Waals surface area contributed by atoms with Crippen molar-refractivity contribution in [2.75, 3.05) is 7.05 Å². The lowest BCUT2D eigenvalue weighted by atomic mass is 9.95. The number of nitrogens with one attached hydrogen (secondary N) is 1. The number of benzene rings is 1. The lowest BCUT2D eigenvalue weighted by molar-refractivity contribution is -0.142. The van der Waals surface area contributed by atoms with Crippen LogP contribution in [0.4, 0.5) is 0 Å². The van der Waals surface area contributed by atoms with Crippen LogP contribution in [0.3, 0.4) is 0 Å². The molecule has 1 rings (SSSR count). The number of halogens is 2. The zero-order valence-corrected chi connectivity index (χ0v) is 10.5. The number of aliphatic carboxylic acids is 1. The van der Waals surface area contributed by atoms with Crippen LogP contribution in [-0.4, -0.2) is 18.1 Å². The minimum absolute atomic E-state index is 0.331. The largest absolute Gasteiger partial charge is 0.481 e. The SMILES string of the molecule is CNC(c1ccc(Cl)cc1Cl)C(C)C(=O)O. The minimum Gasteiger partial charge on any atom is -0.481 e. The van der Waals surface area contributed by atoms with Crippen LogP contribution in [0.25, 0.3) is 0 Å². The van der Waals surface area contributed by atoms with Gasteiger partial charge in [0.2, 0.25) is 0 Å². The van der Waals surface area contributed by atoms with Gasteiger partial charge in [-0.2, -0.15) is 0 Å². The quantitative estimate of drug-likeness (QED) is 0.876. The molecule has 0 aliphatic rings. The molecule has 0 saturated carbocycles. The molecule has 2 unspecified atom stereocenters. The van der Waals surface area contributed by atoms with Crippen molar-refractivity contribution in [1.29, 1.82) is 0 Å². The number of carbonyl (C=O) groups is 1. The predicted octanol–water partition coefficient (Wildman–Crippen LogP) is 2.97. The van der Waals surface area contributed by atoms with Gasteiger partial charge in [-0.15, -0.1) is 0 Å². The highest BCUT2D eigenvalue weighted by Gasteiger charge is 2.25. The van der Waals surface area contributed by atoms with Crippen molar-refractivity contribution in [1.82, 2.24) is 5.32 Å². The molecular formula is C11H13Cl2NO2. The molecule has 16 heavy (non-hydrogen) atoms. The minimum atomic E-state index is -0.870. The molecular weight excluding hydrogens is 249 g/mol. The van der Waals surface area contributed by atoms with Crippen molar-refractivity contribution >= 4 is 29.2 Å². The van der Waals surface area contributed by atoms with Crippen molar-refractivity contribution in [2.45, 2.75) is 13.0 Å². The average molecular weight is 262 g/mol. The summed E-state index contributed by atoms with van der Waals surface area (Å²) in [6.45, 7) is 1.63. The second-order valence-electron chi connectivity index (χ2n) is 3.56. The van der Waals surface area contributed by atoms with Crippen LogP contribution in [0.1, 0.15) is 18.5 Å². The van der Waals surface area contributed by atoms with Gasteiger partial charge in [0.15, 0.2) is 0 Å². The molecule has 0 radical (unpaired) electrons. The highest BCUT2D eigenvalue weighted by molar-refractivity contribution is 6.35. The Hall–Kier alpha value is -0.770. The summed E-state index contributed by atoms with van der Waals surface area (Å²) in [6.07, 6.45) is 0. The van der Waals surface area contributed by atoms with Crippen LogP contribution in [0, 0.1) is 5.92 Å². The summed E-state index contributed by atoms with van der Waals surface area (Å²) < 4.78 is 0. The van der Waals surface area contributed by atoms with Crippen LogP contribution >= 0.6 is 23.2 Å². The third-order valence-electron chi connectivity index (χ3n) is 2.50. The van der Waals surface area contributed by atoms with E-state index >= 15 is 0 Å². The van der Waals surface area contributed by atoms with Gasteiger partial charge in [0.1, 0.15) is 0 Å². The molecule has 0 heterocycles. The van der Waals surface area contributed by atoms with Gasteiger partial charge < -0.3 is 10.4 Å². The molecule has 2 N–H and O–H groups in total. The van der Waals surface area contributed by atoms with E-state index in [1.54, 1.807) is 32.2 Å². The normalized spacial score (nSPS) is 14.5. The van der Waals surface area contributed by atoms with Crippen molar-refractivity contribution in [3.63, 3.8) is 0 Å². The van der Waals surface area contributed by atoms with Gasteiger partial charge in [-0.3, -0.25) is 4.79 Å². The Bertz CT molecular complexity index is 396. The fourth-order valence-electron chi connectivity index (χ4n) is 1.57. The Kier molecular flexibility index (Phi) is 4.59. The monoisotopic (exact) mass is 261 g/mol. The molecule has 0 aromatic heterocycles. The maximum Gasteiger partial charge on any atom is 0.308 e. The summed E-state index contributed by atoms with van der Waals surface area (Å²) in [4.78, 5) is 10.9. The highest BCUT2D eigenvalue weighted by Crippen LogP contribution is 2.30. The molecule has 1 aromatic carbocycles. The molecule has 5 heteroatoms. The second kappa shape index (κ2) is 5.53. The summed E-state index contributed by atoms with van der Waals surface area (Å²) in [5.74, 6) is -1.44. The third kappa shape index (κ3) is 2.88. The third-order valence-corrected chi connectivity index (χ3v) is 3.06. The Labute approximate surface area is 104 Å². The van der Waals surface area contributed by atoms with E-state index in [1.165, 1.54) is 0 Å². The second-order valence-corrected chi connectivity index (χ2v) is 4.40. The van der Waals surface area contributed by atoms with E-state index in [4.69, 9.17) is 28.3 Å². The smallest absolute Gasteiger partial charge is 0.308 e. The zero-order valence-electron chi connectivity index (χ0n) is 9.00. The first-order valence-electron chi connectivity index (χ1n) is 4.82. The van der Waals surface area contributed by atoms with Crippen molar-refractivity contribution < 1.29 is 9.90 Å². The van der Waals surface area contributed by atoms with Gasteiger partial charge in [0, 0.05) is 16.1 Å². The van der Waals surface area contributed by atoms with Crippen molar-refractivity contribution in [3.05, 3.63) is 33.8 Å². The topological polar surface area (TPSA) is 49.3 Å². The molecule has 0 spiro atoms. The van der Waals surface area contributed by atoms with E-state index in [0.717, 1.165) is 5.56 Å². The Morgan fingerprint density at radius 1 is 1.44 bits per heavy atom. The molecule has 1 aromatic rings. The summed E-state index contributed by atoms with van der Waals surface area (Å²) >= 11 is 11.8. The first kappa shape index (κ1) is 13.3. The molecule has 0 saturated heterocycles. The molecule has 0 amide bonds. The van der Waals surface area contributed by atoms with Crippen LogP contribution in [0.5, 0.6) is 0 Å². The van der Waals surface area contributed by atoms with E-state index in [1.807, 2.05) is 0 Å². The molecule has 88 valence electrons. The zero-order chi connectivity index (χ0) is 12.3. The van der Waals surface area contributed by atoms with E-state index in [9.17, 15) is 4.79 Å². The van der Waals surface area contributed by atoms with E-state index in [-0.39, 0.29) is 6.04 Å². The Morgan fingerprint density at radius 3 is 2.50 bits per heavy atom. The molecule has 0 fully saturated rings. The molecule has 0 aliphatic heterocycles. The molecule has 3 nitrogen and oxygen atoms in total. The number of rotatable bonds is 4. The molecule has 2 atom stereocenters. The first-order chi connectivity index (χ1) is 7.47. The Balaban J connectivity index is 3.08. The van der Waals surface area contributed by atoms with Crippen LogP contribution in [0.15, 0.2) is 18.2 Å². The van der Waals surface area contributed by atoms with Gasteiger partial charge in [-0.1, -0.05) is 36.2 Å². The lowest BCUT2D eigenvalue weighted by Crippen LogP contribution is -2.29. The van der Waals surface area contributed by atoms with Crippen LogP contribution in [0.2, 0.25) is 10.0 Å². The summed E-state index contributed by atoms with van der Waals surface area (Å²) in [7, 11) is 1.70. The first-order valence-corrected chi connectivity index (χ1v) is 5.58. The highest BCUT2D eigenvalue weighted by atomic mass is 35.5. The number of hydrogen-bond donors (Lipinski definition) is 2. The fourth-order valence-corrected chi connectivity index (χ4v) is 2.10. The van der Waals surface area contributed by atoms with E-state index in [0.29, 0.717) is 10.0 Å². The number of carboxylic acid groups (broad SMARTS) is 1. The predicted molar refractivity (Wildman–Crippen MR) is 65.1 cm³/mol. The maximum absolute atomic E-state index is 10.9. The maximum atomic E-state index is 10.9. The molecule has 0 bridgehead atoms. The van der Waals surface area contributed by atoms with E-state index < -0.39 is 11.9 Å². The summed E-state index contributed by atoms with van der Waals surface area (Å²) in [6, 6.07) is 4.71. The average Bonchev–Trinajstić information content (AvgIpc) is 2.21. The Morgan fingerprint density at radius 2 is 2.06 bits per heavy atom. The van der Waals surface area contributed by atoms with Gasteiger partial charge in [0.05, 0.1) is 5.92 Å². The van der Waals surface area contributed by atoms with Crippen molar-refractivity contribution in [2.24, 2.45) is 5.92 Å². The van der Waals surface area contributed by atoms with Gasteiger partial charge in [-0.05, 0) is 24.7 Å². The van der Waals surface area contributed by atoms with Gasteiger partial charge in [-0.25, -0.2) is 0 Å². The fraction of sp³-hybridized carbons (Fsp3) is 0.364. The van der Waals surface area contributed by atoms with Crippen LogP contribution in [-0.2, 0) is 4.79 Å². The van der Waals surface area contributed by atoms with Crippen LogP contribution < -0.4 is 5.32 Å². The number of hydrogen-bond acceptors (Lipinski definition) is 2. The molecule has 0 aliphatic carbocycles.